The zero-order valence-corrected chi connectivity index (χ0v) is 18.1. The fraction of sp³-hybridized carbons (Fsp3) is 0.360. The van der Waals surface area contributed by atoms with Gasteiger partial charge < -0.3 is 15.2 Å². The van der Waals surface area contributed by atoms with Gasteiger partial charge in [-0.3, -0.25) is 0 Å². The monoisotopic (exact) mass is 411 g/mol. The average Bonchev–Trinajstić information content (AvgIpc) is 2.70. The molecule has 0 bridgehead atoms. The van der Waals surface area contributed by atoms with Crippen LogP contribution in [-0.2, 0) is 11.2 Å². The van der Waals surface area contributed by atoms with E-state index in [1.807, 2.05) is 31.2 Å². The molecule has 0 amide bonds. The Hall–Kier alpha value is -1.91. The smallest absolute Gasteiger partial charge is 0.0898 e. The second kappa shape index (κ2) is 9.73. The van der Waals surface area contributed by atoms with Crippen LogP contribution in [-0.4, -0.2) is 29.9 Å². The van der Waals surface area contributed by atoms with Crippen molar-refractivity contribution in [3.63, 3.8) is 0 Å². The van der Waals surface area contributed by atoms with Crippen LogP contribution in [0.4, 0.5) is 0 Å². The van der Waals surface area contributed by atoms with Crippen LogP contribution < -0.4 is 5.32 Å². The summed E-state index contributed by atoms with van der Waals surface area (Å²) in [6.45, 7) is 7.06. The van der Waals surface area contributed by atoms with Crippen LogP contribution in [0.25, 0.3) is 10.8 Å². The third kappa shape index (κ3) is 6.55. The summed E-state index contributed by atoms with van der Waals surface area (Å²) in [7, 11) is 0. The molecule has 0 spiro atoms. The molecule has 0 aliphatic carbocycles. The van der Waals surface area contributed by atoms with E-state index in [1.165, 1.54) is 16.3 Å². The standard InChI is InChI=1S/C25H30ClNO2/c1-18(20-10-12-23(26)13-11-20)29-17-24(28)16-27-25(2,3)15-19-8-9-21-6-4-5-7-22(21)14-19/h4-14,18,24,27-28H,15-17H2,1-3H3/t18?,24-/m1/s1. The SMILES string of the molecule is CC(OC[C@H](O)CNC(C)(C)Cc1ccc2ccccc2c1)c1ccc(Cl)cc1. The minimum absolute atomic E-state index is 0.0903. The summed E-state index contributed by atoms with van der Waals surface area (Å²) in [4.78, 5) is 0. The molecule has 0 aromatic heterocycles. The van der Waals surface area contributed by atoms with Crippen molar-refractivity contribution in [3.05, 3.63) is 82.9 Å². The topological polar surface area (TPSA) is 41.5 Å². The molecular formula is C25H30ClNO2. The van der Waals surface area contributed by atoms with Crippen LogP contribution in [0.3, 0.4) is 0 Å². The lowest BCUT2D eigenvalue weighted by Gasteiger charge is -2.28. The normalized spacial score (nSPS) is 14.1. The summed E-state index contributed by atoms with van der Waals surface area (Å²) in [5, 5.41) is 17.0. The zero-order valence-electron chi connectivity index (χ0n) is 17.4. The number of aliphatic hydroxyl groups excluding tert-OH is 1. The molecule has 0 aliphatic heterocycles. The van der Waals surface area contributed by atoms with Gasteiger partial charge in [-0.25, -0.2) is 0 Å². The summed E-state index contributed by atoms with van der Waals surface area (Å²) < 4.78 is 5.83. The molecule has 0 heterocycles. The van der Waals surface area contributed by atoms with Crippen molar-refractivity contribution < 1.29 is 9.84 Å². The first-order valence-electron chi connectivity index (χ1n) is 10.1. The van der Waals surface area contributed by atoms with Crippen LogP contribution in [0.2, 0.25) is 5.02 Å². The Morgan fingerprint density at radius 3 is 2.41 bits per heavy atom. The van der Waals surface area contributed by atoms with Gasteiger partial charge in [0.05, 0.1) is 18.8 Å². The van der Waals surface area contributed by atoms with Crippen LogP contribution in [0.5, 0.6) is 0 Å². The highest BCUT2D eigenvalue weighted by atomic mass is 35.5. The van der Waals surface area contributed by atoms with Crippen LogP contribution in [0.1, 0.15) is 38.0 Å². The van der Waals surface area contributed by atoms with Gasteiger partial charge in [-0.2, -0.15) is 0 Å². The van der Waals surface area contributed by atoms with Gasteiger partial charge in [0.15, 0.2) is 0 Å². The Bertz CT molecular complexity index is 924. The molecule has 3 nitrogen and oxygen atoms in total. The van der Waals surface area contributed by atoms with Crippen molar-refractivity contribution in [2.75, 3.05) is 13.2 Å². The van der Waals surface area contributed by atoms with Crippen LogP contribution in [0.15, 0.2) is 66.7 Å². The van der Waals surface area contributed by atoms with Crippen molar-refractivity contribution >= 4 is 22.4 Å². The summed E-state index contributed by atoms with van der Waals surface area (Å²) in [5.41, 5.74) is 2.19. The van der Waals surface area contributed by atoms with Crippen LogP contribution >= 0.6 is 11.6 Å². The van der Waals surface area contributed by atoms with E-state index in [2.05, 4.69) is 61.6 Å². The van der Waals surface area contributed by atoms with E-state index in [1.54, 1.807) is 0 Å². The first kappa shape index (κ1) is 21.8. The summed E-state index contributed by atoms with van der Waals surface area (Å²) in [5.74, 6) is 0. The molecule has 3 aromatic carbocycles. The van der Waals surface area contributed by atoms with Crippen molar-refractivity contribution in [1.29, 1.82) is 0 Å². The Kier molecular flexibility index (Phi) is 7.31. The number of nitrogens with one attached hydrogen (secondary N) is 1. The number of fused-ring (bicyclic) bond motifs is 1. The first-order chi connectivity index (χ1) is 13.8. The number of rotatable bonds is 9. The molecule has 4 heteroatoms. The van der Waals surface area contributed by atoms with E-state index < -0.39 is 6.10 Å². The number of hydrogen-bond donors (Lipinski definition) is 2. The summed E-state index contributed by atoms with van der Waals surface area (Å²) >= 11 is 5.93. The van der Waals surface area contributed by atoms with Crippen molar-refractivity contribution in [1.82, 2.24) is 5.32 Å². The third-order valence-electron chi connectivity index (χ3n) is 5.15. The van der Waals surface area contributed by atoms with Gasteiger partial charge in [-0.1, -0.05) is 66.2 Å². The van der Waals surface area contributed by atoms with E-state index in [-0.39, 0.29) is 18.2 Å². The molecule has 3 rings (SSSR count). The number of ether oxygens (including phenoxy) is 1. The van der Waals surface area contributed by atoms with E-state index in [0.29, 0.717) is 11.6 Å². The maximum absolute atomic E-state index is 10.4. The van der Waals surface area contributed by atoms with E-state index >= 15 is 0 Å². The number of benzene rings is 3. The zero-order chi connectivity index (χ0) is 20.9. The largest absolute Gasteiger partial charge is 0.389 e. The molecule has 0 saturated heterocycles. The Morgan fingerprint density at radius 1 is 1.00 bits per heavy atom. The van der Waals surface area contributed by atoms with E-state index in [4.69, 9.17) is 16.3 Å². The Labute approximate surface area is 178 Å². The van der Waals surface area contributed by atoms with E-state index in [0.717, 1.165) is 12.0 Å². The fourth-order valence-corrected chi connectivity index (χ4v) is 3.59. The maximum Gasteiger partial charge on any atom is 0.0898 e. The maximum atomic E-state index is 10.4. The van der Waals surface area contributed by atoms with Gasteiger partial charge in [-0.05, 0) is 61.2 Å². The predicted octanol–water partition coefficient (Wildman–Crippen LogP) is 5.54. The molecule has 29 heavy (non-hydrogen) atoms. The second-order valence-corrected chi connectivity index (χ2v) is 8.74. The molecule has 2 atom stereocenters. The lowest BCUT2D eigenvalue weighted by molar-refractivity contribution is -0.00417. The highest BCUT2D eigenvalue weighted by molar-refractivity contribution is 6.30. The number of β-amino-alcohol motifs (C(OH)–C–C–N with tert-alkyl or cyclic N) is 1. The highest BCUT2D eigenvalue weighted by Crippen LogP contribution is 2.21. The number of hydrogen-bond acceptors (Lipinski definition) is 3. The predicted molar refractivity (Wildman–Crippen MR) is 122 cm³/mol. The summed E-state index contributed by atoms with van der Waals surface area (Å²) in [6.07, 6.45) is 0.222. The third-order valence-corrected chi connectivity index (χ3v) is 5.41. The summed E-state index contributed by atoms with van der Waals surface area (Å²) in [6, 6.07) is 22.6. The molecule has 1 unspecified atom stereocenters. The molecule has 3 aromatic rings. The first-order valence-corrected chi connectivity index (χ1v) is 10.5. The van der Waals surface area contributed by atoms with Gasteiger partial charge in [0.25, 0.3) is 0 Å². The van der Waals surface area contributed by atoms with Crippen molar-refractivity contribution in [3.8, 4) is 0 Å². The highest BCUT2D eigenvalue weighted by Gasteiger charge is 2.20. The van der Waals surface area contributed by atoms with Gasteiger partial charge in [-0.15, -0.1) is 0 Å². The number of halogens is 1. The van der Waals surface area contributed by atoms with Crippen molar-refractivity contribution in [2.24, 2.45) is 0 Å². The van der Waals surface area contributed by atoms with Gasteiger partial charge in [0.1, 0.15) is 0 Å². The number of aliphatic hydroxyl groups is 1. The average molecular weight is 412 g/mol. The Morgan fingerprint density at radius 2 is 1.69 bits per heavy atom. The minimum Gasteiger partial charge on any atom is -0.389 e. The van der Waals surface area contributed by atoms with Gasteiger partial charge >= 0.3 is 0 Å². The molecule has 154 valence electrons. The lowest BCUT2D eigenvalue weighted by Crippen LogP contribution is -2.46. The fourth-order valence-electron chi connectivity index (χ4n) is 3.46. The van der Waals surface area contributed by atoms with E-state index in [9.17, 15) is 5.11 Å². The molecule has 2 N–H and O–H groups in total. The lowest BCUT2D eigenvalue weighted by atomic mass is 9.93. The van der Waals surface area contributed by atoms with Crippen LogP contribution in [0, 0.1) is 0 Å². The Balaban J connectivity index is 1.47. The molecule has 0 radical (unpaired) electrons. The van der Waals surface area contributed by atoms with Crippen molar-refractivity contribution in [2.45, 2.75) is 44.9 Å². The molecular weight excluding hydrogens is 382 g/mol. The molecule has 0 fully saturated rings. The minimum atomic E-state index is -0.569. The molecule has 0 saturated carbocycles. The molecule has 0 aliphatic rings. The quantitative estimate of drug-likeness (QED) is 0.485. The van der Waals surface area contributed by atoms with Gasteiger partial charge in [0.2, 0.25) is 0 Å². The van der Waals surface area contributed by atoms with Gasteiger partial charge in [0, 0.05) is 17.1 Å². The second-order valence-electron chi connectivity index (χ2n) is 8.30.